The molecule has 1 fully saturated rings. The summed E-state index contributed by atoms with van der Waals surface area (Å²) in [4.78, 5) is 11.7. The molecule has 17 heavy (non-hydrogen) atoms. The van der Waals surface area contributed by atoms with Crippen LogP contribution in [0.1, 0.15) is 52.4 Å². The minimum absolute atomic E-state index is 0.219. The van der Waals surface area contributed by atoms with E-state index < -0.39 is 5.54 Å². The fraction of sp³-hybridized carbons (Fsp3) is 0.923. The number of hydrogen-bond acceptors (Lipinski definition) is 3. The molecule has 0 spiro atoms. The van der Waals surface area contributed by atoms with Gasteiger partial charge in [0.2, 0.25) is 5.91 Å². The average Bonchev–Trinajstić information content (AvgIpc) is 2.56. The topological polar surface area (TPSA) is 64.3 Å². The van der Waals surface area contributed by atoms with Crippen LogP contribution in [-0.2, 0) is 9.53 Å². The van der Waals surface area contributed by atoms with E-state index in [0.717, 1.165) is 12.8 Å². The molecule has 4 nitrogen and oxygen atoms in total. The molecule has 1 aliphatic carbocycles. The molecule has 4 heteroatoms. The summed E-state index contributed by atoms with van der Waals surface area (Å²) < 4.78 is 5.29. The van der Waals surface area contributed by atoms with E-state index in [9.17, 15) is 4.79 Å². The fourth-order valence-electron chi connectivity index (χ4n) is 2.47. The molecule has 2 unspecified atom stereocenters. The summed E-state index contributed by atoms with van der Waals surface area (Å²) >= 11 is 0. The van der Waals surface area contributed by atoms with E-state index >= 15 is 0 Å². The number of amides is 1. The summed E-state index contributed by atoms with van der Waals surface area (Å²) in [6, 6.07) is 0.382. The highest BCUT2D eigenvalue weighted by atomic mass is 16.5. The van der Waals surface area contributed by atoms with Crippen LogP contribution in [0.15, 0.2) is 0 Å². The van der Waals surface area contributed by atoms with Crippen molar-refractivity contribution >= 4 is 5.91 Å². The second-order valence-electron chi connectivity index (χ2n) is 5.28. The Labute approximate surface area is 104 Å². The second-order valence-corrected chi connectivity index (χ2v) is 5.28. The van der Waals surface area contributed by atoms with Gasteiger partial charge in [0.1, 0.15) is 5.54 Å². The van der Waals surface area contributed by atoms with Crippen LogP contribution in [-0.4, -0.2) is 30.7 Å². The van der Waals surface area contributed by atoms with Crippen LogP contribution >= 0.6 is 0 Å². The van der Waals surface area contributed by atoms with Gasteiger partial charge in [-0.2, -0.15) is 0 Å². The number of carbonyl (C=O) groups excluding carboxylic acids is 1. The Morgan fingerprint density at radius 3 is 2.29 bits per heavy atom. The Morgan fingerprint density at radius 1 is 1.35 bits per heavy atom. The third-order valence-corrected chi connectivity index (χ3v) is 4.04. The zero-order valence-corrected chi connectivity index (χ0v) is 11.3. The van der Waals surface area contributed by atoms with E-state index in [-0.39, 0.29) is 12.0 Å². The van der Waals surface area contributed by atoms with E-state index in [1.807, 2.05) is 13.8 Å². The number of rotatable bonds is 5. The maximum absolute atomic E-state index is 11.7. The molecule has 0 bridgehead atoms. The highest BCUT2D eigenvalue weighted by molar-refractivity contribution is 5.85. The molecule has 0 radical (unpaired) electrons. The summed E-state index contributed by atoms with van der Waals surface area (Å²) in [7, 11) is 1.61. The van der Waals surface area contributed by atoms with E-state index in [4.69, 9.17) is 10.5 Å². The van der Waals surface area contributed by atoms with Gasteiger partial charge >= 0.3 is 0 Å². The van der Waals surface area contributed by atoms with Gasteiger partial charge in [-0.25, -0.2) is 0 Å². The molecule has 0 aliphatic heterocycles. The quantitative estimate of drug-likeness (QED) is 0.719. The van der Waals surface area contributed by atoms with Gasteiger partial charge in [-0.3, -0.25) is 10.1 Å². The highest BCUT2D eigenvalue weighted by Crippen LogP contribution is 2.21. The Morgan fingerprint density at radius 2 is 1.88 bits per heavy atom. The van der Waals surface area contributed by atoms with Crippen molar-refractivity contribution in [2.75, 3.05) is 7.11 Å². The largest absolute Gasteiger partial charge is 0.379 e. The van der Waals surface area contributed by atoms with Crippen molar-refractivity contribution in [1.82, 2.24) is 5.32 Å². The zero-order chi connectivity index (χ0) is 12.9. The lowest BCUT2D eigenvalue weighted by molar-refractivity contribution is -0.129. The third-order valence-electron chi connectivity index (χ3n) is 4.04. The van der Waals surface area contributed by atoms with Crippen molar-refractivity contribution in [3.63, 3.8) is 0 Å². The first kappa shape index (κ1) is 14.5. The van der Waals surface area contributed by atoms with Gasteiger partial charge in [-0.15, -0.1) is 0 Å². The first-order valence-corrected chi connectivity index (χ1v) is 6.61. The lowest BCUT2D eigenvalue weighted by Gasteiger charge is -2.36. The maximum atomic E-state index is 11.7. The molecular weight excluding hydrogens is 216 g/mol. The summed E-state index contributed by atoms with van der Waals surface area (Å²) in [5.74, 6) is -0.337. The number of ether oxygens (including phenoxy) is 1. The lowest BCUT2D eigenvalue weighted by Crippen LogP contribution is -2.63. The van der Waals surface area contributed by atoms with Gasteiger partial charge in [0.15, 0.2) is 0 Å². The molecule has 1 amide bonds. The maximum Gasteiger partial charge on any atom is 0.240 e. The number of carbonyl (C=O) groups is 1. The van der Waals surface area contributed by atoms with Crippen molar-refractivity contribution < 1.29 is 9.53 Å². The Bertz CT molecular complexity index is 250. The van der Waals surface area contributed by atoms with Gasteiger partial charge in [-0.1, -0.05) is 25.7 Å². The van der Waals surface area contributed by atoms with Crippen molar-refractivity contribution in [2.24, 2.45) is 5.73 Å². The van der Waals surface area contributed by atoms with Crippen LogP contribution < -0.4 is 11.1 Å². The molecule has 0 aromatic heterocycles. The number of methoxy groups -OCH3 is 1. The van der Waals surface area contributed by atoms with E-state index in [1.54, 1.807) is 7.11 Å². The predicted molar refractivity (Wildman–Crippen MR) is 68.7 cm³/mol. The molecule has 1 rings (SSSR count). The van der Waals surface area contributed by atoms with Gasteiger partial charge in [0.25, 0.3) is 0 Å². The first-order valence-electron chi connectivity index (χ1n) is 6.61. The van der Waals surface area contributed by atoms with E-state index in [1.165, 1.54) is 25.7 Å². The van der Waals surface area contributed by atoms with Gasteiger partial charge < -0.3 is 10.5 Å². The fourth-order valence-corrected chi connectivity index (χ4v) is 2.47. The molecule has 2 atom stereocenters. The van der Waals surface area contributed by atoms with Crippen LogP contribution in [0.2, 0.25) is 0 Å². The highest BCUT2D eigenvalue weighted by Gasteiger charge is 2.39. The predicted octanol–water partition coefficient (Wildman–Crippen LogP) is 1.58. The second kappa shape index (κ2) is 6.36. The first-order chi connectivity index (χ1) is 8.00. The minimum atomic E-state index is -0.774. The monoisotopic (exact) mass is 242 g/mol. The lowest BCUT2D eigenvalue weighted by atomic mass is 9.92. The molecule has 0 aromatic rings. The van der Waals surface area contributed by atoms with Crippen molar-refractivity contribution in [2.45, 2.75) is 70.1 Å². The molecule has 0 aromatic carbocycles. The Balaban J connectivity index is 2.68. The van der Waals surface area contributed by atoms with Crippen molar-refractivity contribution in [3.8, 4) is 0 Å². The van der Waals surface area contributed by atoms with Gasteiger partial charge in [-0.05, 0) is 26.7 Å². The van der Waals surface area contributed by atoms with Crippen molar-refractivity contribution in [3.05, 3.63) is 0 Å². The smallest absolute Gasteiger partial charge is 0.240 e. The normalized spacial score (nSPS) is 23.7. The van der Waals surface area contributed by atoms with E-state index in [2.05, 4.69) is 5.32 Å². The molecule has 3 N–H and O–H groups in total. The van der Waals surface area contributed by atoms with E-state index in [0.29, 0.717) is 6.04 Å². The number of primary amides is 1. The minimum Gasteiger partial charge on any atom is -0.379 e. The van der Waals surface area contributed by atoms with Crippen LogP contribution in [0.4, 0.5) is 0 Å². The van der Waals surface area contributed by atoms with Crippen molar-refractivity contribution in [1.29, 1.82) is 0 Å². The Kier molecular flexibility index (Phi) is 5.40. The van der Waals surface area contributed by atoms with Crippen LogP contribution in [0.25, 0.3) is 0 Å². The summed E-state index contributed by atoms with van der Waals surface area (Å²) in [5.41, 5.74) is 4.75. The number of nitrogens with two attached hydrogens (primary N) is 1. The molecule has 1 aliphatic rings. The molecular formula is C13H26N2O2. The average molecular weight is 242 g/mol. The molecule has 1 saturated carbocycles. The molecule has 0 saturated heterocycles. The standard InChI is InChI=1S/C13H26N2O2/c1-10(17-3)13(2,12(14)16)15-11-8-6-4-5-7-9-11/h10-11,15H,4-9H2,1-3H3,(H2,14,16). The summed E-state index contributed by atoms with van der Waals surface area (Å²) in [6.07, 6.45) is 7.08. The third kappa shape index (κ3) is 3.68. The van der Waals surface area contributed by atoms with Crippen LogP contribution in [0.3, 0.4) is 0 Å². The summed E-state index contributed by atoms with van der Waals surface area (Å²) in [6.45, 7) is 3.73. The molecule has 100 valence electrons. The van der Waals surface area contributed by atoms with Gasteiger partial charge in [0.05, 0.1) is 6.10 Å². The zero-order valence-electron chi connectivity index (χ0n) is 11.3. The van der Waals surface area contributed by atoms with Crippen LogP contribution in [0.5, 0.6) is 0 Å². The van der Waals surface area contributed by atoms with Crippen LogP contribution in [0, 0.1) is 0 Å². The molecule has 0 heterocycles. The number of nitrogens with one attached hydrogen (secondary N) is 1. The SMILES string of the molecule is COC(C)C(C)(NC1CCCCCC1)C(N)=O. The Hall–Kier alpha value is -0.610. The van der Waals surface area contributed by atoms with Gasteiger partial charge in [0, 0.05) is 13.2 Å². The summed E-state index contributed by atoms with van der Waals surface area (Å²) in [5, 5.41) is 3.42. The number of hydrogen-bond donors (Lipinski definition) is 2.